The smallest absolute Gasteiger partial charge is 0.0885 e. The highest BCUT2D eigenvalue weighted by Gasteiger charge is 2.38. The molecule has 1 unspecified atom stereocenters. The molecule has 0 radical (unpaired) electrons. The molecule has 1 heterocycles. The van der Waals surface area contributed by atoms with E-state index in [1.54, 1.807) is 0 Å². The summed E-state index contributed by atoms with van der Waals surface area (Å²) in [5, 5.41) is 4.12. The molecule has 4 rings (SSSR count). The molecule has 0 spiro atoms. The summed E-state index contributed by atoms with van der Waals surface area (Å²) in [7, 11) is -0.166. The van der Waals surface area contributed by atoms with Crippen LogP contribution in [0.5, 0.6) is 0 Å². The van der Waals surface area contributed by atoms with E-state index in [4.69, 9.17) is 4.98 Å². The quantitative estimate of drug-likeness (QED) is 0.474. The van der Waals surface area contributed by atoms with Crippen LogP contribution in [-0.2, 0) is 0 Å². The lowest BCUT2D eigenvalue weighted by molar-refractivity contribution is 0.481. The minimum absolute atomic E-state index is 0.166. The summed E-state index contributed by atoms with van der Waals surface area (Å²) < 4.78 is 0. The van der Waals surface area contributed by atoms with Crippen molar-refractivity contribution < 1.29 is 0 Å². The van der Waals surface area contributed by atoms with Crippen molar-refractivity contribution in [2.45, 2.75) is 102 Å². The predicted molar refractivity (Wildman–Crippen MR) is 132 cm³/mol. The number of aromatic nitrogens is 1. The molecule has 0 amide bonds. The highest BCUT2D eigenvalue weighted by Crippen LogP contribution is 2.64. The van der Waals surface area contributed by atoms with Gasteiger partial charge >= 0.3 is 0 Å². The first-order valence-electron chi connectivity index (χ1n) is 12.2. The third-order valence-electron chi connectivity index (χ3n) is 7.22. The van der Waals surface area contributed by atoms with Crippen LogP contribution in [-0.4, -0.2) is 16.3 Å². The summed E-state index contributed by atoms with van der Waals surface area (Å²) in [5.41, 5.74) is 8.48. The second-order valence-electron chi connectivity index (χ2n) is 9.61. The molecular formula is C27H39N2P. The van der Waals surface area contributed by atoms with Gasteiger partial charge in [0.2, 0.25) is 0 Å². The molecule has 2 fully saturated rings. The molecule has 3 heteroatoms. The second kappa shape index (κ2) is 10.3. The third-order valence-corrected chi connectivity index (χ3v) is 10.9. The fraction of sp³-hybridized carbons (Fsp3) is 0.593. The van der Waals surface area contributed by atoms with E-state index in [-0.39, 0.29) is 7.92 Å². The van der Waals surface area contributed by atoms with Crippen molar-refractivity contribution in [3.05, 3.63) is 58.9 Å². The number of rotatable bonds is 6. The van der Waals surface area contributed by atoms with Gasteiger partial charge in [-0.05, 0) is 81.0 Å². The summed E-state index contributed by atoms with van der Waals surface area (Å²) in [5.74, 6) is 0.368. The summed E-state index contributed by atoms with van der Waals surface area (Å²) in [6, 6.07) is 11.2. The zero-order valence-electron chi connectivity index (χ0n) is 19.2. The molecule has 0 bridgehead atoms. The zero-order chi connectivity index (χ0) is 20.9. The van der Waals surface area contributed by atoms with Crippen LogP contribution in [0.2, 0.25) is 0 Å². The highest BCUT2D eigenvalue weighted by atomic mass is 31.1. The monoisotopic (exact) mass is 422 g/mol. The first-order chi connectivity index (χ1) is 14.6. The van der Waals surface area contributed by atoms with Gasteiger partial charge in [-0.15, -0.1) is 0 Å². The van der Waals surface area contributed by atoms with E-state index in [1.165, 1.54) is 92.3 Å². The maximum Gasteiger partial charge on any atom is 0.0885 e. The van der Waals surface area contributed by atoms with Gasteiger partial charge < -0.3 is 5.32 Å². The Bertz CT molecular complexity index is 766. The Labute approximate surface area is 185 Å². The van der Waals surface area contributed by atoms with Crippen LogP contribution in [0.4, 0.5) is 5.69 Å². The average Bonchev–Trinajstić information content (AvgIpc) is 2.77. The van der Waals surface area contributed by atoms with E-state index in [2.05, 4.69) is 56.4 Å². The number of hydrogen-bond donors (Lipinski definition) is 1. The Morgan fingerprint density at radius 1 is 0.833 bits per heavy atom. The van der Waals surface area contributed by atoms with Crippen LogP contribution in [0.1, 0.15) is 92.4 Å². The maximum atomic E-state index is 4.92. The molecule has 0 aliphatic heterocycles. The molecule has 1 aromatic carbocycles. The van der Waals surface area contributed by atoms with Gasteiger partial charge in [-0.25, -0.2) is 0 Å². The summed E-state index contributed by atoms with van der Waals surface area (Å²) in [6.07, 6.45) is 16.3. The number of nitrogens with zero attached hydrogens (tertiary/aromatic N) is 1. The van der Waals surface area contributed by atoms with Gasteiger partial charge in [-0.2, -0.15) is 0 Å². The molecule has 0 saturated heterocycles. The zero-order valence-corrected chi connectivity index (χ0v) is 20.1. The van der Waals surface area contributed by atoms with Crippen molar-refractivity contribution in [3.8, 4) is 0 Å². The lowest BCUT2D eigenvalue weighted by Gasteiger charge is -2.43. The number of aryl methyl sites for hydroxylation is 3. The van der Waals surface area contributed by atoms with Crippen LogP contribution >= 0.6 is 7.92 Å². The summed E-state index contributed by atoms with van der Waals surface area (Å²) in [4.78, 5) is 4.92. The van der Waals surface area contributed by atoms with Crippen LogP contribution in [0.3, 0.4) is 0 Å². The fourth-order valence-corrected chi connectivity index (χ4v) is 9.96. The van der Waals surface area contributed by atoms with Gasteiger partial charge in [0.1, 0.15) is 0 Å². The van der Waals surface area contributed by atoms with Gasteiger partial charge in [0.05, 0.1) is 11.5 Å². The molecule has 1 N–H and O–H groups in total. The molecule has 1 aromatic heterocycles. The Morgan fingerprint density at radius 3 is 1.90 bits per heavy atom. The molecule has 2 aliphatic rings. The van der Waals surface area contributed by atoms with E-state index in [0.717, 1.165) is 11.3 Å². The minimum Gasteiger partial charge on any atom is -0.373 e. The van der Waals surface area contributed by atoms with Gasteiger partial charge in [0.25, 0.3) is 0 Å². The van der Waals surface area contributed by atoms with Gasteiger partial charge in [-0.3, -0.25) is 4.98 Å². The van der Waals surface area contributed by atoms with Crippen LogP contribution in [0, 0.1) is 20.8 Å². The van der Waals surface area contributed by atoms with Crippen molar-refractivity contribution in [1.82, 2.24) is 4.98 Å². The van der Waals surface area contributed by atoms with E-state index < -0.39 is 0 Å². The normalized spacial score (nSPS) is 19.7. The molecule has 2 nitrogen and oxygen atoms in total. The third kappa shape index (κ3) is 5.08. The number of hydrogen-bond acceptors (Lipinski definition) is 2. The standard InChI is InChI=1S/C27H39N2P/c1-20-18-21(2)26(22(3)19-20)29-27(25-16-10-11-17-28-25)30(23-12-6-4-7-13-23)24-14-8-5-9-15-24/h10-11,16-19,23-24,27,29H,4-9,12-15H2,1-3H3. The van der Waals surface area contributed by atoms with Crippen LogP contribution in [0.25, 0.3) is 0 Å². The highest BCUT2D eigenvalue weighted by molar-refractivity contribution is 7.59. The Morgan fingerprint density at radius 2 is 1.40 bits per heavy atom. The van der Waals surface area contributed by atoms with E-state index in [9.17, 15) is 0 Å². The van der Waals surface area contributed by atoms with Gasteiger partial charge in [-0.1, -0.05) is 70.2 Å². The van der Waals surface area contributed by atoms with E-state index in [0.29, 0.717) is 5.78 Å². The van der Waals surface area contributed by atoms with Crippen molar-refractivity contribution >= 4 is 13.6 Å². The number of nitrogens with one attached hydrogen (secondary N) is 1. The maximum absolute atomic E-state index is 4.92. The Kier molecular flexibility index (Phi) is 7.47. The number of benzene rings is 1. The molecular weight excluding hydrogens is 383 g/mol. The second-order valence-corrected chi connectivity index (χ2v) is 12.5. The lowest BCUT2D eigenvalue weighted by Crippen LogP contribution is -2.27. The van der Waals surface area contributed by atoms with Gasteiger partial charge in [0, 0.05) is 11.9 Å². The van der Waals surface area contributed by atoms with Crippen LogP contribution in [0.15, 0.2) is 36.5 Å². The first kappa shape index (κ1) is 21.8. The first-order valence-corrected chi connectivity index (χ1v) is 13.7. The number of anilines is 1. The van der Waals surface area contributed by atoms with Crippen molar-refractivity contribution in [2.24, 2.45) is 0 Å². The summed E-state index contributed by atoms with van der Waals surface area (Å²) >= 11 is 0. The molecule has 2 saturated carbocycles. The largest absolute Gasteiger partial charge is 0.373 e. The lowest BCUT2D eigenvalue weighted by atomic mass is 9.99. The van der Waals surface area contributed by atoms with E-state index >= 15 is 0 Å². The van der Waals surface area contributed by atoms with Crippen molar-refractivity contribution in [3.63, 3.8) is 0 Å². The Hall–Kier alpha value is -1.40. The van der Waals surface area contributed by atoms with Crippen LogP contribution < -0.4 is 5.32 Å². The fourth-order valence-electron chi connectivity index (χ4n) is 5.86. The molecule has 30 heavy (non-hydrogen) atoms. The molecule has 1 atom stereocenters. The topological polar surface area (TPSA) is 24.9 Å². The SMILES string of the molecule is Cc1cc(C)c(NC(c2ccccn2)P(C2CCCCC2)C2CCCCC2)c(C)c1. The Balaban J connectivity index is 1.74. The predicted octanol–water partition coefficient (Wildman–Crippen LogP) is 8.26. The molecule has 2 aliphatic carbocycles. The van der Waals surface area contributed by atoms with E-state index in [1.807, 2.05) is 6.20 Å². The minimum atomic E-state index is -0.166. The summed E-state index contributed by atoms with van der Waals surface area (Å²) in [6.45, 7) is 6.74. The number of pyridine rings is 1. The average molecular weight is 423 g/mol. The van der Waals surface area contributed by atoms with Crippen molar-refractivity contribution in [1.29, 1.82) is 0 Å². The molecule has 2 aromatic rings. The van der Waals surface area contributed by atoms with Gasteiger partial charge in [0.15, 0.2) is 0 Å². The molecule has 162 valence electrons. The van der Waals surface area contributed by atoms with Crippen molar-refractivity contribution in [2.75, 3.05) is 5.32 Å².